The summed E-state index contributed by atoms with van der Waals surface area (Å²) in [6.07, 6.45) is -1.30. The predicted molar refractivity (Wildman–Crippen MR) is 104 cm³/mol. The smallest absolute Gasteiger partial charge is 0.329 e. The molecule has 174 valence electrons. The highest BCUT2D eigenvalue weighted by atomic mass is 16.4. The van der Waals surface area contributed by atoms with Gasteiger partial charge in [0.2, 0.25) is 5.91 Å². The first kappa shape index (κ1) is 29.7. The molecule has 0 radical (unpaired) electrons. The van der Waals surface area contributed by atoms with E-state index in [2.05, 4.69) is 10.6 Å². The van der Waals surface area contributed by atoms with Gasteiger partial charge in [0.05, 0.1) is 19.6 Å². The molecule has 0 aromatic rings. The summed E-state index contributed by atoms with van der Waals surface area (Å²) in [5.41, 5.74) is -1.91. The largest absolute Gasteiger partial charge is 0.481 e. The minimum atomic E-state index is -1.40. The van der Waals surface area contributed by atoms with Gasteiger partial charge in [-0.05, 0) is 0 Å². The average Bonchev–Trinajstić information content (AvgIpc) is 2.66. The lowest BCUT2D eigenvalue weighted by Gasteiger charge is -2.26. The van der Waals surface area contributed by atoms with Gasteiger partial charge in [0.15, 0.2) is 0 Å². The van der Waals surface area contributed by atoms with Gasteiger partial charge in [0, 0.05) is 29.7 Å². The van der Waals surface area contributed by atoms with Crippen LogP contribution in [0.15, 0.2) is 12.3 Å². The highest BCUT2D eigenvalue weighted by Crippen LogP contribution is 2.20. The van der Waals surface area contributed by atoms with E-state index >= 15 is 0 Å². The number of carbonyl (C=O) groups excluding carboxylic acids is 2. The molecule has 2 amide bonds. The van der Waals surface area contributed by atoms with E-state index < -0.39 is 46.8 Å². The molecule has 0 spiro atoms. The van der Waals surface area contributed by atoms with E-state index in [-0.39, 0.29) is 26.2 Å². The Hall–Kier alpha value is -2.54. The maximum absolute atomic E-state index is 11.3. The summed E-state index contributed by atoms with van der Waals surface area (Å²) < 4.78 is 0. The summed E-state index contributed by atoms with van der Waals surface area (Å²) in [4.78, 5) is 42.7. The van der Waals surface area contributed by atoms with Crippen molar-refractivity contribution in [3.8, 4) is 0 Å². The molecule has 8 N–H and O–H groups in total. The molecule has 30 heavy (non-hydrogen) atoms. The lowest BCUT2D eigenvalue weighted by Crippen LogP contribution is -2.45. The Labute approximate surface area is 174 Å². The number of hydrogen-bond donors (Lipinski definition) is 8. The van der Waals surface area contributed by atoms with Crippen molar-refractivity contribution in [1.82, 2.24) is 10.6 Å². The van der Waals surface area contributed by atoms with Gasteiger partial charge < -0.3 is 41.3 Å². The first-order valence-electron chi connectivity index (χ1n) is 8.89. The van der Waals surface area contributed by atoms with Crippen molar-refractivity contribution in [2.75, 3.05) is 19.8 Å². The highest BCUT2D eigenvalue weighted by Gasteiger charge is 2.33. The van der Waals surface area contributed by atoms with Gasteiger partial charge in [-0.1, -0.05) is 27.7 Å². The number of rotatable bonds is 11. The van der Waals surface area contributed by atoms with E-state index in [4.69, 9.17) is 20.4 Å². The second-order valence-electron chi connectivity index (χ2n) is 7.71. The number of amides is 2. The first-order valence-corrected chi connectivity index (χ1v) is 8.89. The van der Waals surface area contributed by atoms with E-state index in [1.54, 1.807) is 0 Å². The van der Waals surface area contributed by atoms with Crippen molar-refractivity contribution in [1.29, 1.82) is 0 Å². The van der Waals surface area contributed by atoms with Crippen LogP contribution in [0, 0.1) is 10.8 Å². The second-order valence-corrected chi connectivity index (χ2v) is 7.71. The third-order valence-electron chi connectivity index (χ3n) is 3.88. The molecule has 0 fully saturated rings. The maximum atomic E-state index is 11.3. The number of nitrogens with one attached hydrogen (secondary N) is 2. The zero-order valence-corrected chi connectivity index (χ0v) is 17.5. The molecule has 12 heteroatoms. The zero-order valence-electron chi connectivity index (χ0n) is 17.5. The van der Waals surface area contributed by atoms with Crippen LogP contribution in [0.2, 0.25) is 0 Å². The molecule has 0 unspecified atom stereocenters. The van der Waals surface area contributed by atoms with Gasteiger partial charge in [0.1, 0.15) is 12.2 Å². The molecule has 0 aliphatic carbocycles. The van der Waals surface area contributed by atoms with Crippen LogP contribution in [0.5, 0.6) is 0 Å². The fourth-order valence-corrected chi connectivity index (χ4v) is 1.55. The molecule has 0 aromatic heterocycles. The number of aliphatic hydroxyl groups is 4. The molecule has 0 aromatic carbocycles. The van der Waals surface area contributed by atoms with Crippen molar-refractivity contribution in [2.45, 2.75) is 46.3 Å². The number of carbonyl (C=O) groups is 4. The quantitative estimate of drug-likeness (QED) is 0.167. The van der Waals surface area contributed by atoms with Crippen molar-refractivity contribution < 1.29 is 49.8 Å². The SMILES string of the molecule is CC(C)(CO)[C@@H](O)C(=O)N/C=C/C(=O)O.CC(C)(CO)[C@@H](O)C(=O)NCCC(=O)O. The third-order valence-corrected chi connectivity index (χ3v) is 3.88. The summed E-state index contributed by atoms with van der Waals surface area (Å²) in [5.74, 6) is -3.65. The Morgan fingerprint density at radius 3 is 1.67 bits per heavy atom. The zero-order chi connectivity index (χ0) is 24.1. The topological polar surface area (TPSA) is 214 Å². The summed E-state index contributed by atoms with van der Waals surface area (Å²) in [7, 11) is 0. The van der Waals surface area contributed by atoms with Crippen LogP contribution < -0.4 is 10.6 Å². The molecule has 0 heterocycles. The van der Waals surface area contributed by atoms with E-state index in [1.165, 1.54) is 27.7 Å². The number of aliphatic carboxylic acids is 2. The molecule has 0 aliphatic rings. The van der Waals surface area contributed by atoms with Crippen molar-refractivity contribution in [3.05, 3.63) is 12.3 Å². The average molecular weight is 436 g/mol. The lowest BCUT2D eigenvalue weighted by molar-refractivity contribution is -0.139. The molecular formula is C18H32N2O10. The van der Waals surface area contributed by atoms with Gasteiger partial charge in [-0.3, -0.25) is 14.4 Å². The monoisotopic (exact) mass is 436 g/mol. The molecule has 0 saturated heterocycles. The lowest BCUT2D eigenvalue weighted by atomic mass is 9.87. The Bertz CT molecular complexity index is 616. The van der Waals surface area contributed by atoms with Crippen molar-refractivity contribution >= 4 is 23.8 Å². The summed E-state index contributed by atoms with van der Waals surface area (Å²) in [5, 5.41) is 57.6. The van der Waals surface area contributed by atoms with Crippen LogP contribution in [0.4, 0.5) is 0 Å². The standard InChI is InChI=1S/C9H17NO5.C9H15NO5/c2*1-9(2,5-11)7(14)8(15)10-4-3-6(12)13/h7,11,14H,3-5H2,1-2H3,(H,10,15)(H,12,13);3-4,7,11,14H,5H2,1-2H3,(H,10,15)(H,12,13)/b;4-3+/t2*7-/m00/s1. The van der Waals surface area contributed by atoms with Gasteiger partial charge in [0.25, 0.3) is 5.91 Å². The number of aliphatic hydroxyl groups excluding tert-OH is 4. The van der Waals surface area contributed by atoms with Crippen LogP contribution in [-0.2, 0) is 19.2 Å². The molecule has 0 saturated carbocycles. The van der Waals surface area contributed by atoms with Crippen LogP contribution in [-0.4, -0.2) is 86.4 Å². The van der Waals surface area contributed by atoms with Crippen LogP contribution in [0.3, 0.4) is 0 Å². The molecule has 0 rings (SSSR count). The Balaban J connectivity index is 0. The summed E-state index contributed by atoms with van der Waals surface area (Å²) in [6, 6.07) is 0. The van der Waals surface area contributed by atoms with Gasteiger partial charge in [-0.2, -0.15) is 0 Å². The van der Waals surface area contributed by atoms with Gasteiger partial charge in [-0.25, -0.2) is 4.79 Å². The Morgan fingerprint density at radius 1 is 0.867 bits per heavy atom. The normalized spacial score (nSPS) is 13.6. The van der Waals surface area contributed by atoms with Gasteiger partial charge in [-0.15, -0.1) is 0 Å². The number of carboxylic acids is 2. The summed E-state index contributed by atoms with van der Waals surface area (Å²) in [6.45, 7) is 5.37. The van der Waals surface area contributed by atoms with Crippen molar-refractivity contribution in [2.24, 2.45) is 10.8 Å². The van der Waals surface area contributed by atoms with Crippen LogP contribution >= 0.6 is 0 Å². The number of hydrogen-bond acceptors (Lipinski definition) is 8. The minimum Gasteiger partial charge on any atom is -0.481 e. The molecule has 2 atom stereocenters. The van der Waals surface area contributed by atoms with Gasteiger partial charge >= 0.3 is 11.9 Å². The van der Waals surface area contributed by atoms with E-state index in [0.717, 1.165) is 12.3 Å². The molecule has 0 aliphatic heterocycles. The van der Waals surface area contributed by atoms with Crippen LogP contribution in [0.1, 0.15) is 34.1 Å². The fourth-order valence-electron chi connectivity index (χ4n) is 1.55. The third kappa shape index (κ3) is 12.1. The van der Waals surface area contributed by atoms with E-state index in [0.29, 0.717) is 0 Å². The Morgan fingerprint density at radius 2 is 1.30 bits per heavy atom. The Kier molecular flexibility index (Phi) is 13.5. The molecule has 12 nitrogen and oxygen atoms in total. The van der Waals surface area contributed by atoms with Crippen LogP contribution in [0.25, 0.3) is 0 Å². The molecular weight excluding hydrogens is 404 g/mol. The van der Waals surface area contributed by atoms with E-state index in [1.807, 2.05) is 0 Å². The second kappa shape index (κ2) is 13.6. The summed E-state index contributed by atoms with van der Waals surface area (Å²) >= 11 is 0. The maximum Gasteiger partial charge on any atom is 0.329 e. The minimum absolute atomic E-state index is 0.0350. The van der Waals surface area contributed by atoms with Crippen molar-refractivity contribution in [3.63, 3.8) is 0 Å². The predicted octanol–water partition coefficient (Wildman–Crippen LogP) is -1.96. The fraction of sp³-hybridized carbons (Fsp3) is 0.667. The molecule has 0 bridgehead atoms. The number of carboxylic acid groups (broad SMARTS) is 2. The first-order chi connectivity index (χ1) is 13.6. The highest BCUT2D eigenvalue weighted by molar-refractivity contribution is 5.84. The van der Waals surface area contributed by atoms with E-state index in [9.17, 15) is 29.4 Å².